The van der Waals surface area contributed by atoms with E-state index < -0.39 is 9.84 Å². The molecule has 5 nitrogen and oxygen atoms in total. The summed E-state index contributed by atoms with van der Waals surface area (Å²) in [5, 5.41) is 3.40. The van der Waals surface area contributed by atoms with Gasteiger partial charge in [0.1, 0.15) is 0 Å². The molecular weight excluding hydrogens is 320 g/mol. The first kappa shape index (κ1) is 15.4. The zero-order chi connectivity index (χ0) is 15.9. The van der Waals surface area contributed by atoms with Crippen molar-refractivity contribution in [3.05, 3.63) is 23.3 Å². The Hall–Kier alpha value is -1.47. The van der Waals surface area contributed by atoms with Gasteiger partial charge in [0.2, 0.25) is 5.91 Å². The molecule has 1 aromatic carbocycles. The highest BCUT2D eigenvalue weighted by Crippen LogP contribution is 2.31. The highest BCUT2D eigenvalue weighted by molar-refractivity contribution is 7.91. The molecule has 1 aliphatic heterocycles. The molecule has 1 fully saturated rings. The first-order chi connectivity index (χ1) is 10.3. The Morgan fingerprint density at radius 3 is 2.73 bits per heavy atom. The summed E-state index contributed by atoms with van der Waals surface area (Å²) in [5.74, 6) is 0.0995. The van der Waals surface area contributed by atoms with Crippen LogP contribution in [0.2, 0.25) is 0 Å². The normalized spacial score (nSPS) is 20.4. The van der Waals surface area contributed by atoms with Gasteiger partial charge in [-0.25, -0.2) is 13.4 Å². The first-order valence-corrected chi connectivity index (χ1v) is 9.85. The van der Waals surface area contributed by atoms with Gasteiger partial charge < -0.3 is 5.32 Å². The monoisotopic (exact) mass is 338 g/mol. The topological polar surface area (TPSA) is 76.1 Å². The number of rotatable bonds is 3. The van der Waals surface area contributed by atoms with Crippen LogP contribution in [0.25, 0.3) is 10.2 Å². The van der Waals surface area contributed by atoms with Crippen molar-refractivity contribution in [3.8, 4) is 0 Å². The molecule has 0 aliphatic carbocycles. The fourth-order valence-corrected chi connectivity index (χ4v) is 5.67. The highest BCUT2D eigenvalue weighted by atomic mass is 32.2. The number of hydrogen-bond acceptors (Lipinski definition) is 5. The summed E-state index contributed by atoms with van der Waals surface area (Å²) in [7, 11) is -2.94. The molecule has 7 heteroatoms. The third-order valence-corrected chi connectivity index (χ3v) is 6.93. The number of amides is 1. The first-order valence-electron chi connectivity index (χ1n) is 7.21. The van der Waals surface area contributed by atoms with Crippen LogP contribution in [0.4, 0.5) is 5.13 Å². The lowest BCUT2D eigenvalue weighted by molar-refractivity contribution is -0.116. The number of carbonyl (C=O) groups excluding carboxylic acids is 1. The van der Waals surface area contributed by atoms with Crippen molar-refractivity contribution in [2.24, 2.45) is 5.92 Å². The van der Waals surface area contributed by atoms with Gasteiger partial charge in [-0.1, -0.05) is 23.5 Å². The largest absolute Gasteiger partial charge is 0.302 e. The molecule has 3 rings (SSSR count). The maximum atomic E-state index is 12.1. The van der Waals surface area contributed by atoms with E-state index in [0.717, 1.165) is 21.3 Å². The van der Waals surface area contributed by atoms with E-state index in [9.17, 15) is 13.2 Å². The van der Waals surface area contributed by atoms with Crippen molar-refractivity contribution >= 4 is 42.4 Å². The lowest BCUT2D eigenvalue weighted by Crippen LogP contribution is -2.17. The number of aromatic nitrogens is 1. The van der Waals surface area contributed by atoms with Gasteiger partial charge in [-0.05, 0) is 37.3 Å². The lowest BCUT2D eigenvalue weighted by atomic mass is 10.1. The Morgan fingerprint density at radius 1 is 1.36 bits per heavy atom. The van der Waals surface area contributed by atoms with Crippen LogP contribution >= 0.6 is 11.3 Å². The third kappa shape index (κ3) is 3.15. The number of benzene rings is 1. The Kier molecular flexibility index (Phi) is 3.94. The molecule has 22 heavy (non-hydrogen) atoms. The second-order valence-electron chi connectivity index (χ2n) is 5.92. The zero-order valence-corrected chi connectivity index (χ0v) is 14.2. The predicted molar refractivity (Wildman–Crippen MR) is 89.1 cm³/mol. The van der Waals surface area contributed by atoms with E-state index in [4.69, 9.17) is 0 Å². The zero-order valence-electron chi connectivity index (χ0n) is 12.5. The third-order valence-electron chi connectivity index (χ3n) is 3.99. The Labute approximate surface area is 133 Å². The summed E-state index contributed by atoms with van der Waals surface area (Å²) in [5.41, 5.74) is 3.14. The Balaban J connectivity index is 1.72. The highest BCUT2D eigenvalue weighted by Gasteiger charge is 2.29. The van der Waals surface area contributed by atoms with E-state index in [1.54, 1.807) is 0 Å². The van der Waals surface area contributed by atoms with Crippen molar-refractivity contribution < 1.29 is 13.2 Å². The van der Waals surface area contributed by atoms with Crippen LogP contribution in [0.3, 0.4) is 0 Å². The molecule has 118 valence electrons. The molecule has 0 radical (unpaired) electrons. The number of nitrogens with zero attached hydrogens (tertiary/aromatic N) is 1. The van der Waals surface area contributed by atoms with Crippen molar-refractivity contribution in [2.75, 3.05) is 16.8 Å². The van der Waals surface area contributed by atoms with Gasteiger partial charge >= 0.3 is 0 Å². The number of anilines is 1. The van der Waals surface area contributed by atoms with Gasteiger partial charge in [0.25, 0.3) is 0 Å². The molecule has 1 atom stereocenters. The maximum Gasteiger partial charge on any atom is 0.226 e. The maximum absolute atomic E-state index is 12.1. The summed E-state index contributed by atoms with van der Waals surface area (Å²) >= 11 is 1.46. The van der Waals surface area contributed by atoms with Gasteiger partial charge in [-0.3, -0.25) is 4.79 Å². The van der Waals surface area contributed by atoms with Gasteiger partial charge in [0, 0.05) is 6.42 Å². The second kappa shape index (κ2) is 5.62. The van der Waals surface area contributed by atoms with Crippen LogP contribution in [0, 0.1) is 19.8 Å². The van der Waals surface area contributed by atoms with Gasteiger partial charge in [-0.15, -0.1) is 0 Å². The fourth-order valence-electron chi connectivity index (χ4n) is 2.78. The second-order valence-corrected chi connectivity index (χ2v) is 9.15. The van der Waals surface area contributed by atoms with E-state index in [1.165, 1.54) is 11.3 Å². The molecule has 2 heterocycles. The number of fused-ring (bicyclic) bond motifs is 1. The number of thiazole rings is 1. The molecule has 1 saturated heterocycles. The molecule has 1 aliphatic rings. The number of nitrogens with one attached hydrogen (secondary N) is 1. The van der Waals surface area contributed by atoms with Crippen molar-refractivity contribution in [2.45, 2.75) is 26.7 Å². The number of sulfone groups is 1. The molecule has 0 spiro atoms. The van der Waals surface area contributed by atoms with E-state index in [2.05, 4.69) is 10.3 Å². The van der Waals surface area contributed by atoms with Crippen LogP contribution in [-0.4, -0.2) is 30.8 Å². The number of carbonyl (C=O) groups is 1. The van der Waals surface area contributed by atoms with E-state index in [-0.39, 0.29) is 29.8 Å². The van der Waals surface area contributed by atoms with Gasteiger partial charge in [-0.2, -0.15) is 0 Å². The molecule has 0 saturated carbocycles. The molecular formula is C15H18N2O3S2. The molecule has 0 bridgehead atoms. The minimum Gasteiger partial charge on any atom is -0.302 e. The Morgan fingerprint density at radius 2 is 2.09 bits per heavy atom. The fraction of sp³-hybridized carbons (Fsp3) is 0.467. The summed E-state index contributed by atoms with van der Waals surface area (Å²) in [4.78, 5) is 16.6. The minimum atomic E-state index is -2.94. The average molecular weight is 338 g/mol. The summed E-state index contributed by atoms with van der Waals surface area (Å²) in [6, 6.07) is 4.07. The number of aryl methyl sites for hydroxylation is 2. The standard InChI is InChI=1S/C15H18N2O3S2/c1-9-3-4-10(2)14-13(9)17-15(21-14)16-12(18)7-11-5-6-22(19,20)8-11/h3-4,11H,5-8H2,1-2H3,(H,16,17,18). The van der Waals surface area contributed by atoms with E-state index in [1.807, 2.05) is 26.0 Å². The van der Waals surface area contributed by atoms with E-state index in [0.29, 0.717) is 11.6 Å². The quantitative estimate of drug-likeness (QED) is 0.933. The average Bonchev–Trinajstić information content (AvgIpc) is 2.98. The lowest BCUT2D eigenvalue weighted by Gasteiger charge is -2.06. The van der Waals surface area contributed by atoms with Crippen LogP contribution in [0.1, 0.15) is 24.0 Å². The molecule has 1 unspecified atom stereocenters. The van der Waals surface area contributed by atoms with Gasteiger partial charge in [0.05, 0.1) is 21.7 Å². The molecule has 2 aromatic rings. The van der Waals surface area contributed by atoms with Crippen LogP contribution in [-0.2, 0) is 14.6 Å². The van der Waals surface area contributed by atoms with Crippen LogP contribution in [0.5, 0.6) is 0 Å². The molecule has 1 aromatic heterocycles. The van der Waals surface area contributed by atoms with Crippen LogP contribution < -0.4 is 5.32 Å². The molecule has 1 amide bonds. The summed E-state index contributed by atoms with van der Waals surface area (Å²) in [6.45, 7) is 4.02. The Bertz CT molecular complexity index is 801. The van der Waals surface area contributed by atoms with E-state index >= 15 is 0 Å². The predicted octanol–water partition coefficient (Wildman–Crippen LogP) is 2.68. The summed E-state index contributed by atoms with van der Waals surface area (Å²) < 4.78 is 23.9. The number of hydrogen-bond donors (Lipinski definition) is 1. The van der Waals surface area contributed by atoms with Crippen LogP contribution in [0.15, 0.2) is 12.1 Å². The van der Waals surface area contributed by atoms with Crippen molar-refractivity contribution in [1.29, 1.82) is 0 Å². The SMILES string of the molecule is Cc1ccc(C)c2sc(NC(=O)CC3CCS(=O)(=O)C3)nc12. The van der Waals surface area contributed by atoms with Crippen molar-refractivity contribution in [1.82, 2.24) is 4.98 Å². The molecule has 1 N–H and O–H groups in total. The summed E-state index contributed by atoms with van der Waals surface area (Å²) in [6.07, 6.45) is 0.820. The van der Waals surface area contributed by atoms with Gasteiger partial charge in [0.15, 0.2) is 15.0 Å². The van der Waals surface area contributed by atoms with Crippen molar-refractivity contribution in [3.63, 3.8) is 0 Å². The smallest absolute Gasteiger partial charge is 0.226 e. The minimum absolute atomic E-state index is 0.0668.